The number of carbonyl (C=O) groups is 2. The third kappa shape index (κ3) is 14.5. The van der Waals surface area contributed by atoms with E-state index in [2.05, 4.69) is 28.2 Å². The van der Waals surface area contributed by atoms with Gasteiger partial charge in [0.25, 0.3) is 0 Å². The normalized spacial score (nSPS) is 20.3. The largest absolute Gasteiger partial charge is 0.550 e. The Morgan fingerprint density at radius 2 is 0.917 bits per heavy atom. The third-order valence-corrected chi connectivity index (χ3v) is 4.57. The van der Waals surface area contributed by atoms with Crippen LogP contribution in [0.4, 0.5) is 0 Å². The summed E-state index contributed by atoms with van der Waals surface area (Å²) in [6, 6.07) is 0. The Morgan fingerprint density at radius 1 is 0.667 bits per heavy atom. The molecule has 0 spiro atoms. The highest BCUT2D eigenvalue weighted by molar-refractivity contribution is 5.65. The molecule has 2 saturated heterocycles. The maximum Gasteiger partial charge on any atom is 0.0784 e. The lowest BCUT2D eigenvalue weighted by Gasteiger charge is -2.21. The molecule has 0 bridgehead atoms. The zero-order valence-electron chi connectivity index (χ0n) is 16.0. The maximum absolute atomic E-state index is 9.77. The van der Waals surface area contributed by atoms with Crippen molar-refractivity contribution in [2.75, 3.05) is 54.4 Å². The van der Waals surface area contributed by atoms with E-state index in [1.165, 1.54) is 60.8 Å². The van der Waals surface area contributed by atoms with E-state index in [1.807, 2.05) is 0 Å². The SMILES string of the molecule is C[N+]1(C)CCCC1.C[N+]1(C)CCCC1.O=C([O-])CCCCC(=O)[O-]. The van der Waals surface area contributed by atoms with Crippen molar-refractivity contribution in [2.45, 2.75) is 51.4 Å². The number of carbonyl (C=O) groups excluding carboxylic acids is 2. The Kier molecular flexibility index (Phi) is 10.9. The van der Waals surface area contributed by atoms with Gasteiger partial charge in [0, 0.05) is 37.6 Å². The number of quaternary nitrogens is 2. The van der Waals surface area contributed by atoms with Gasteiger partial charge >= 0.3 is 0 Å². The molecular formula is C18H36N2O4. The second kappa shape index (κ2) is 11.4. The molecule has 6 nitrogen and oxygen atoms in total. The van der Waals surface area contributed by atoms with Gasteiger partial charge in [-0.25, -0.2) is 0 Å². The Hall–Kier alpha value is -1.14. The van der Waals surface area contributed by atoms with Crippen molar-refractivity contribution < 1.29 is 28.8 Å². The molecule has 2 heterocycles. The van der Waals surface area contributed by atoms with Crippen LogP contribution >= 0.6 is 0 Å². The molecule has 142 valence electrons. The lowest BCUT2D eigenvalue weighted by Crippen LogP contribution is -2.35. The predicted octanol–water partition coefficient (Wildman–Crippen LogP) is -0.240. The number of nitrogens with zero attached hydrogens (tertiary/aromatic N) is 2. The van der Waals surface area contributed by atoms with E-state index in [0.29, 0.717) is 12.8 Å². The standard InChI is InChI=1S/2C6H14N.C6H10O4/c2*1-7(2)5-3-4-6-7;7-5(8)3-1-2-4-6(9)10/h2*3-6H2,1-2H3;1-4H2,(H,7,8)(H,9,10)/q2*+1;/p-2. The van der Waals surface area contributed by atoms with E-state index in [1.54, 1.807) is 0 Å². The van der Waals surface area contributed by atoms with Crippen LogP contribution in [0.15, 0.2) is 0 Å². The minimum Gasteiger partial charge on any atom is -0.550 e. The highest BCUT2D eigenvalue weighted by Crippen LogP contribution is 2.12. The molecule has 2 rings (SSSR count). The summed E-state index contributed by atoms with van der Waals surface area (Å²) in [5.41, 5.74) is 0. The summed E-state index contributed by atoms with van der Waals surface area (Å²) in [7, 11) is 9.19. The lowest BCUT2D eigenvalue weighted by atomic mass is 10.2. The number of rotatable bonds is 5. The number of carboxylic acid groups (broad SMARTS) is 2. The molecule has 0 aromatic rings. The lowest BCUT2D eigenvalue weighted by molar-refractivity contribution is -0.877. The first-order valence-electron chi connectivity index (χ1n) is 9.08. The smallest absolute Gasteiger partial charge is 0.0784 e. The molecule has 0 saturated carbocycles. The van der Waals surface area contributed by atoms with E-state index < -0.39 is 11.9 Å². The highest BCUT2D eigenvalue weighted by atomic mass is 16.4. The van der Waals surface area contributed by atoms with Crippen molar-refractivity contribution in [3.63, 3.8) is 0 Å². The number of aliphatic carboxylic acids is 2. The minimum absolute atomic E-state index is 0.0761. The zero-order valence-corrected chi connectivity index (χ0v) is 16.0. The molecule has 0 aromatic heterocycles. The van der Waals surface area contributed by atoms with Crippen molar-refractivity contribution >= 4 is 11.9 Å². The molecular weight excluding hydrogens is 308 g/mol. The number of unbranched alkanes of at least 4 members (excludes halogenated alkanes) is 1. The van der Waals surface area contributed by atoms with Crippen LogP contribution in [0.2, 0.25) is 0 Å². The predicted molar refractivity (Wildman–Crippen MR) is 90.6 cm³/mol. The highest BCUT2D eigenvalue weighted by Gasteiger charge is 2.20. The van der Waals surface area contributed by atoms with Gasteiger partial charge in [0.1, 0.15) is 0 Å². The fourth-order valence-corrected chi connectivity index (χ4v) is 2.92. The van der Waals surface area contributed by atoms with Gasteiger partial charge < -0.3 is 28.8 Å². The van der Waals surface area contributed by atoms with Gasteiger partial charge in [-0.1, -0.05) is 0 Å². The molecule has 0 atom stereocenters. The van der Waals surface area contributed by atoms with Crippen LogP contribution in [0.5, 0.6) is 0 Å². The Morgan fingerprint density at radius 3 is 1.04 bits per heavy atom. The van der Waals surface area contributed by atoms with Crippen LogP contribution in [0.25, 0.3) is 0 Å². The van der Waals surface area contributed by atoms with Crippen LogP contribution in [-0.4, -0.2) is 75.3 Å². The molecule has 0 unspecified atom stereocenters. The van der Waals surface area contributed by atoms with E-state index >= 15 is 0 Å². The number of hydrogen-bond acceptors (Lipinski definition) is 4. The van der Waals surface area contributed by atoms with Gasteiger partial charge in [0.2, 0.25) is 0 Å². The third-order valence-electron chi connectivity index (χ3n) is 4.57. The molecule has 2 aliphatic heterocycles. The number of hydrogen-bond donors (Lipinski definition) is 0. The first-order valence-corrected chi connectivity index (χ1v) is 9.08. The monoisotopic (exact) mass is 344 g/mol. The second-order valence-corrected chi connectivity index (χ2v) is 8.13. The van der Waals surface area contributed by atoms with Crippen molar-refractivity contribution in [3.05, 3.63) is 0 Å². The zero-order chi connectivity index (χ0) is 18.6. The summed E-state index contributed by atoms with van der Waals surface area (Å²) in [4.78, 5) is 19.5. The summed E-state index contributed by atoms with van der Waals surface area (Å²) in [5, 5.41) is 19.5. The molecule has 6 heteroatoms. The van der Waals surface area contributed by atoms with E-state index in [9.17, 15) is 19.8 Å². The quantitative estimate of drug-likeness (QED) is 0.509. The van der Waals surface area contributed by atoms with Crippen LogP contribution in [0.3, 0.4) is 0 Å². The fraction of sp³-hybridized carbons (Fsp3) is 0.889. The Balaban J connectivity index is 0.000000337. The molecule has 24 heavy (non-hydrogen) atoms. The van der Waals surface area contributed by atoms with Crippen molar-refractivity contribution in [2.24, 2.45) is 0 Å². The number of likely N-dealkylation sites (tertiary alicyclic amines) is 2. The molecule has 0 amide bonds. The maximum atomic E-state index is 9.77. The first-order chi connectivity index (χ1) is 11.0. The topological polar surface area (TPSA) is 80.3 Å². The molecule has 0 radical (unpaired) electrons. The second-order valence-electron chi connectivity index (χ2n) is 8.13. The summed E-state index contributed by atoms with van der Waals surface area (Å²) >= 11 is 0. The molecule has 2 fully saturated rings. The Labute approximate surface area is 147 Å². The van der Waals surface area contributed by atoms with Crippen molar-refractivity contribution in [1.82, 2.24) is 0 Å². The van der Waals surface area contributed by atoms with E-state index in [-0.39, 0.29) is 12.8 Å². The molecule has 0 aliphatic carbocycles. The molecule has 0 N–H and O–H groups in total. The van der Waals surface area contributed by atoms with Crippen LogP contribution in [-0.2, 0) is 9.59 Å². The van der Waals surface area contributed by atoms with Crippen LogP contribution in [0, 0.1) is 0 Å². The summed E-state index contributed by atoms with van der Waals surface area (Å²) in [5.74, 6) is -2.28. The van der Waals surface area contributed by atoms with Gasteiger partial charge in [-0.15, -0.1) is 0 Å². The minimum atomic E-state index is -1.14. The van der Waals surface area contributed by atoms with E-state index in [0.717, 1.165) is 0 Å². The Bertz CT molecular complexity index is 329. The van der Waals surface area contributed by atoms with E-state index in [4.69, 9.17) is 0 Å². The van der Waals surface area contributed by atoms with Crippen LogP contribution < -0.4 is 10.2 Å². The summed E-state index contributed by atoms with van der Waals surface area (Å²) < 4.78 is 2.50. The van der Waals surface area contributed by atoms with Gasteiger partial charge in [-0.3, -0.25) is 0 Å². The molecule has 0 aromatic carbocycles. The van der Waals surface area contributed by atoms with Gasteiger partial charge in [0.05, 0.1) is 54.4 Å². The van der Waals surface area contributed by atoms with Crippen molar-refractivity contribution in [1.29, 1.82) is 0 Å². The van der Waals surface area contributed by atoms with Crippen molar-refractivity contribution in [3.8, 4) is 0 Å². The van der Waals surface area contributed by atoms with Crippen LogP contribution in [0.1, 0.15) is 51.4 Å². The fourth-order valence-electron chi connectivity index (χ4n) is 2.92. The summed E-state index contributed by atoms with van der Waals surface area (Å²) in [6.45, 7) is 5.56. The first kappa shape index (κ1) is 22.9. The molecule has 2 aliphatic rings. The van der Waals surface area contributed by atoms with Gasteiger partial charge in [-0.05, 0) is 25.7 Å². The average molecular weight is 344 g/mol. The van der Waals surface area contributed by atoms with Gasteiger partial charge in [0.15, 0.2) is 0 Å². The number of carboxylic acids is 2. The van der Waals surface area contributed by atoms with Gasteiger partial charge in [-0.2, -0.15) is 0 Å². The summed E-state index contributed by atoms with van der Waals surface area (Å²) in [6.07, 6.45) is 6.28. The average Bonchev–Trinajstić information content (AvgIpc) is 3.03.